The topological polar surface area (TPSA) is 156 Å². The molecule has 8 rings (SSSR count). The summed E-state index contributed by atoms with van der Waals surface area (Å²) in [4.78, 5) is 57.2. The summed E-state index contributed by atoms with van der Waals surface area (Å²) in [5.41, 5.74) is 3.48. The molecule has 2 aromatic heterocycles. The number of amides is 3. The monoisotopic (exact) mass is 1060 g/mol. The molecule has 5 atom stereocenters. The predicted molar refractivity (Wildman–Crippen MR) is 270 cm³/mol. The van der Waals surface area contributed by atoms with Crippen molar-refractivity contribution in [2.24, 2.45) is 5.92 Å². The minimum absolute atomic E-state index is 0.0512. The number of halogens is 7. The van der Waals surface area contributed by atoms with Gasteiger partial charge in [0.25, 0.3) is 0 Å². The molecule has 5 heterocycles. The molecule has 0 saturated carbocycles. The van der Waals surface area contributed by atoms with E-state index in [-0.39, 0.29) is 31.8 Å². The highest BCUT2D eigenvalue weighted by atomic mass is 19.2. The molecule has 402 valence electrons. The van der Waals surface area contributed by atoms with Crippen molar-refractivity contribution < 1.29 is 59.0 Å². The van der Waals surface area contributed by atoms with Crippen molar-refractivity contribution in [2.75, 3.05) is 6.61 Å². The van der Waals surface area contributed by atoms with Crippen molar-refractivity contribution >= 4 is 41.8 Å². The molecule has 3 aliphatic heterocycles. The number of hydrogen-bond donors (Lipinski definition) is 3. The maximum absolute atomic E-state index is 16.2. The van der Waals surface area contributed by atoms with E-state index in [1.165, 1.54) is 11.6 Å². The van der Waals surface area contributed by atoms with Gasteiger partial charge < -0.3 is 38.3 Å². The van der Waals surface area contributed by atoms with Crippen LogP contribution in [-0.2, 0) is 49.6 Å². The summed E-state index contributed by atoms with van der Waals surface area (Å²) in [7, 11) is 0. The molecule has 3 N–H and O–H groups in total. The minimum atomic E-state index is -4.11. The zero-order chi connectivity index (χ0) is 55.0. The Hall–Kier alpha value is -7.16. The lowest BCUT2D eigenvalue weighted by Crippen LogP contribution is -2.58. The lowest BCUT2D eigenvalue weighted by Gasteiger charge is -2.34. The zero-order valence-electron chi connectivity index (χ0n) is 43.3. The molecular formula is C55H60BF7N8O5. The maximum Gasteiger partial charge on any atom is 0.737 e. The Kier molecular flexibility index (Phi) is 16.1. The van der Waals surface area contributed by atoms with E-state index in [0.29, 0.717) is 65.3 Å². The molecule has 0 aliphatic carbocycles. The number of nitrogens with zero attached hydrogens (tertiary/aromatic N) is 5. The van der Waals surface area contributed by atoms with E-state index < -0.39 is 101 Å². The summed E-state index contributed by atoms with van der Waals surface area (Å²) < 4.78 is 115. The molecular weight excluding hydrogens is 996 g/mol. The van der Waals surface area contributed by atoms with Crippen LogP contribution in [0.25, 0.3) is 5.57 Å². The van der Waals surface area contributed by atoms with Crippen molar-refractivity contribution in [1.82, 2.24) is 35.4 Å². The van der Waals surface area contributed by atoms with Crippen LogP contribution in [0.4, 0.5) is 30.6 Å². The van der Waals surface area contributed by atoms with Gasteiger partial charge in [-0.25, -0.2) is 26.6 Å². The lowest BCUT2D eigenvalue weighted by molar-refractivity contribution is -0.363. The molecule has 21 heteroatoms. The molecule has 13 nitrogen and oxygen atoms in total. The first-order valence-electron chi connectivity index (χ1n) is 25.3. The van der Waals surface area contributed by atoms with E-state index in [9.17, 15) is 32.3 Å². The number of allylic oxidation sites excluding steroid dienone is 3. The Morgan fingerprint density at radius 3 is 1.88 bits per heavy atom. The molecule has 5 aromatic rings. The highest BCUT2D eigenvalue weighted by Gasteiger charge is 2.55. The fraction of sp³-hybridized carbons (Fsp3) is 0.400. The molecule has 3 amide bonds. The summed E-state index contributed by atoms with van der Waals surface area (Å²) in [5, 5.41) is 16.4. The fourth-order valence-electron chi connectivity index (χ4n) is 10.4. The van der Waals surface area contributed by atoms with Crippen molar-refractivity contribution in [3.05, 3.63) is 159 Å². The zero-order valence-corrected chi connectivity index (χ0v) is 43.3. The van der Waals surface area contributed by atoms with Crippen LogP contribution in [0, 0.1) is 48.9 Å². The van der Waals surface area contributed by atoms with Gasteiger partial charge in [0.05, 0.1) is 18.3 Å². The number of Topliss-reactive ketones (excluding diaryl/α,β-unsaturated/α-hetero) is 1. The SMILES string of the molecule is CC1=CC(C)=[N+]2C1=C(CCCCc1cn([C@@H](Cc3ccccc3)C(=O)N[C@@H](Cc3ccccc3)C(=O)N[C@@H](Cc3c(F)c(F)c(F)c(F)c3F)C(=O)N[C@@H](CC(C)C)C(=O)[C@@]3(C)CO3)nn1)c1c(C)cc(C)n1[B-]2(F)F. The van der Waals surface area contributed by atoms with Crippen LogP contribution in [0.1, 0.15) is 106 Å². The number of hydrogen-bond acceptors (Lipinski definition) is 7. The van der Waals surface area contributed by atoms with Gasteiger partial charge in [-0.15, -0.1) is 5.10 Å². The van der Waals surface area contributed by atoms with E-state index in [1.54, 1.807) is 107 Å². The third-order valence-electron chi connectivity index (χ3n) is 14.3. The molecule has 0 spiro atoms. The van der Waals surface area contributed by atoms with Crippen LogP contribution in [0.2, 0.25) is 0 Å². The second-order valence-corrected chi connectivity index (χ2v) is 20.7. The van der Waals surface area contributed by atoms with Gasteiger partial charge in [-0.3, -0.25) is 19.2 Å². The van der Waals surface area contributed by atoms with E-state index >= 15 is 17.4 Å². The first-order valence-corrected chi connectivity index (χ1v) is 25.3. The summed E-state index contributed by atoms with van der Waals surface area (Å²) in [5.74, 6) is -15.1. The molecule has 0 radical (unpaired) electrons. The number of unbranched alkanes of at least 4 members (excludes halogenated alkanes) is 1. The maximum atomic E-state index is 16.2. The molecule has 1 saturated heterocycles. The van der Waals surface area contributed by atoms with Crippen LogP contribution in [0.15, 0.2) is 90.3 Å². The molecule has 1 fully saturated rings. The largest absolute Gasteiger partial charge is 0.737 e. The van der Waals surface area contributed by atoms with Crippen molar-refractivity contribution in [1.29, 1.82) is 0 Å². The Morgan fingerprint density at radius 1 is 0.750 bits per heavy atom. The number of carbonyl (C=O) groups is 4. The number of fused-ring (bicyclic) bond motifs is 2. The van der Waals surface area contributed by atoms with Gasteiger partial charge in [0.15, 0.2) is 34.7 Å². The number of epoxide rings is 1. The highest BCUT2D eigenvalue weighted by Crippen LogP contribution is 2.43. The van der Waals surface area contributed by atoms with Gasteiger partial charge in [0.2, 0.25) is 23.5 Å². The average molecular weight is 1060 g/mol. The second-order valence-electron chi connectivity index (χ2n) is 20.7. The average Bonchev–Trinajstić information content (AvgIpc) is 3.73. The van der Waals surface area contributed by atoms with E-state index in [0.717, 1.165) is 25.7 Å². The summed E-state index contributed by atoms with van der Waals surface area (Å²) in [6, 6.07) is 13.2. The first-order chi connectivity index (χ1) is 36.0. The Morgan fingerprint density at radius 2 is 1.29 bits per heavy atom. The Balaban J connectivity index is 1.05. The van der Waals surface area contributed by atoms with Crippen LogP contribution >= 0.6 is 0 Å². The smallest absolute Gasteiger partial charge is 0.394 e. The Labute approximate surface area is 435 Å². The van der Waals surface area contributed by atoms with Gasteiger partial charge in [0, 0.05) is 60.9 Å². The van der Waals surface area contributed by atoms with Crippen molar-refractivity contribution in [2.45, 2.75) is 130 Å². The van der Waals surface area contributed by atoms with Crippen molar-refractivity contribution in [3.8, 4) is 0 Å². The number of rotatable bonds is 22. The molecule has 0 bridgehead atoms. The van der Waals surface area contributed by atoms with Crippen molar-refractivity contribution in [3.63, 3.8) is 0 Å². The van der Waals surface area contributed by atoms with Crippen LogP contribution in [0.5, 0.6) is 0 Å². The fourth-order valence-corrected chi connectivity index (χ4v) is 10.4. The van der Waals surface area contributed by atoms with Crippen LogP contribution < -0.4 is 16.0 Å². The lowest BCUT2D eigenvalue weighted by atomic mass is 9.84. The normalized spacial score (nSPS) is 18.2. The second kappa shape index (κ2) is 22.2. The predicted octanol–water partition coefficient (Wildman–Crippen LogP) is 8.31. The number of nitrogens with one attached hydrogen (secondary N) is 3. The molecule has 3 aliphatic rings. The quantitative estimate of drug-likeness (QED) is 0.0157. The van der Waals surface area contributed by atoms with Gasteiger partial charge >= 0.3 is 6.97 Å². The summed E-state index contributed by atoms with van der Waals surface area (Å²) in [6.45, 7) is 8.05. The van der Waals surface area contributed by atoms with Gasteiger partial charge in [-0.2, -0.15) is 0 Å². The first kappa shape index (κ1) is 55.1. The van der Waals surface area contributed by atoms with Crippen LogP contribution in [-0.4, -0.2) is 90.5 Å². The number of ketones is 1. The molecule has 0 unspecified atom stereocenters. The third kappa shape index (κ3) is 11.3. The van der Waals surface area contributed by atoms with Gasteiger partial charge in [-0.05, 0) is 94.2 Å². The summed E-state index contributed by atoms with van der Waals surface area (Å²) in [6.07, 6.45) is 4.14. The standard InChI is InChI=1S/C55H60BF7N8O5/c1-30(2)22-40(51(72)55(7)29-76-55)64-53(74)42(27-39-44(57)46(59)48(61)47(60)45(39)58)65-52(73)41(25-35-16-10-8-11-17-35)66-54(75)43(26-36-18-12-9-13-19-36)69-28-37(67-68-69)20-14-15-21-38-49-31(3)23-33(5)70(49)56(62,63)71-34(6)24-32(4)50(38)71/h8-13,16-19,23-24,28,30,40-43H,14-15,20-22,25-27,29H2,1-7H3,(H,64,74)(H,65,73)(H,66,75)/t40-,41-,42-,43-,55+/m0/s1. The number of carbonyl (C=O) groups excluding carboxylic acids is 4. The van der Waals surface area contributed by atoms with Gasteiger partial charge in [0.1, 0.15) is 29.4 Å². The summed E-state index contributed by atoms with van der Waals surface area (Å²) >= 11 is 0. The van der Waals surface area contributed by atoms with E-state index in [4.69, 9.17) is 4.74 Å². The molecule has 76 heavy (non-hydrogen) atoms. The minimum Gasteiger partial charge on any atom is -0.394 e. The van der Waals surface area contributed by atoms with E-state index in [2.05, 4.69) is 26.3 Å². The highest BCUT2D eigenvalue weighted by molar-refractivity contribution is 6.58. The van der Waals surface area contributed by atoms with E-state index in [1.807, 2.05) is 13.8 Å². The number of benzene rings is 3. The molecule has 3 aromatic carbocycles. The van der Waals surface area contributed by atoms with Gasteiger partial charge in [-0.1, -0.05) is 79.7 Å². The van der Waals surface area contributed by atoms with Crippen LogP contribution in [0.3, 0.4) is 0 Å². The third-order valence-corrected chi connectivity index (χ3v) is 14.3. The Bertz CT molecular complexity index is 3140. The number of aryl methyl sites for hydroxylation is 3. The number of ether oxygens (including phenoxy) is 1. The number of aromatic nitrogens is 4.